The minimum Gasteiger partial charge on any atom is -0.468 e. The lowest BCUT2D eigenvalue weighted by molar-refractivity contribution is -0.139. The molecule has 1 fully saturated rings. The predicted molar refractivity (Wildman–Crippen MR) is 91.2 cm³/mol. The highest BCUT2D eigenvalue weighted by molar-refractivity contribution is 6.11. The largest absolute Gasteiger partial charge is 0.468 e. The Labute approximate surface area is 158 Å². The Morgan fingerprint density at radius 2 is 2.07 bits per heavy atom. The molecule has 0 saturated carbocycles. The average Bonchev–Trinajstić information content (AvgIpc) is 2.82. The van der Waals surface area contributed by atoms with Crippen molar-refractivity contribution in [1.29, 1.82) is 5.26 Å². The topological polar surface area (TPSA) is 94.8 Å². The van der Waals surface area contributed by atoms with Gasteiger partial charge < -0.3 is 10.1 Å². The average molecular weight is 392 g/mol. The molecule has 2 aliphatic heterocycles. The van der Waals surface area contributed by atoms with Crippen molar-refractivity contribution in [3.8, 4) is 11.8 Å². The van der Waals surface area contributed by atoms with Gasteiger partial charge in [0.15, 0.2) is 6.23 Å². The third-order valence-corrected chi connectivity index (χ3v) is 4.20. The van der Waals surface area contributed by atoms with Crippen LogP contribution in [0.1, 0.15) is 31.4 Å². The number of dihydropyridines is 1. The van der Waals surface area contributed by atoms with Gasteiger partial charge in [-0.15, -0.1) is 0 Å². The van der Waals surface area contributed by atoms with Crippen molar-refractivity contribution in [1.82, 2.24) is 10.2 Å². The van der Waals surface area contributed by atoms with Crippen LogP contribution in [0.2, 0.25) is 0 Å². The maximum absolute atomic E-state index is 13.2. The van der Waals surface area contributed by atoms with Gasteiger partial charge >= 0.3 is 12.2 Å². The van der Waals surface area contributed by atoms with E-state index in [-0.39, 0.29) is 17.7 Å². The zero-order valence-electron chi connectivity index (χ0n) is 14.9. The molecule has 10 heteroatoms. The molecule has 1 saturated heterocycles. The van der Waals surface area contributed by atoms with Gasteiger partial charge in [-0.25, -0.2) is 14.7 Å². The summed E-state index contributed by atoms with van der Waals surface area (Å²) in [5.41, 5.74) is -2.05. The van der Waals surface area contributed by atoms with Crippen LogP contribution in [0.15, 0.2) is 35.0 Å². The third-order valence-electron chi connectivity index (χ3n) is 4.20. The molecule has 0 aliphatic carbocycles. The summed E-state index contributed by atoms with van der Waals surface area (Å²) in [4.78, 5) is 29.2. The lowest BCUT2D eigenvalue weighted by atomic mass is 10.1. The fraction of sp³-hybridized carbons (Fsp3) is 0.333. The molecule has 0 radical (unpaired) electrons. The molecule has 7 nitrogen and oxygen atoms in total. The number of allylic oxidation sites excluding steroid dienone is 1. The lowest BCUT2D eigenvalue weighted by Crippen LogP contribution is -2.40. The van der Waals surface area contributed by atoms with Gasteiger partial charge in [0, 0.05) is 12.6 Å². The Hall–Kier alpha value is -3.35. The van der Waals surface area contributed by atoms with Gasteiger partial charge in [-0.05, 0) is 32.0 Å². The van der Waals surface area contributed by atoms with E-state index in [1.54, 1.807) is 19.9 Å². The number of nitriles is 1. The Bertz CT molecular complexity index is 944. The van der Waals surface area contributed by atoms with E-state index in [2.05, 4.69) is 10.3 Å². The monoisotopic (exact) mass is 392 g/mol. The standard InChI is InChI=1S/C18H15F3N4O3/c1-17(2)15(26)25(16(27)24-17)11-4-6-14(23-9-11)28-13-5-3-10(8-22)7-12(13)18(19,20)21/h3-5,7,9,14H,6H2,1-2H3,(H,24,27). The van der Waals surface area contributed by atoms with E-state index in [0.717, 1.165) is 11.0 Å². The van der Waals surface area contributed by atoms with E-state index in [4.69, 9.17) is 10.00 Å². The van der Waals surface area contributed by atoms with Crippen LogP contribution < -0.4 is 10.1 Å². The summed E-state index contributed by atoms with van der Waals surface area (Å²) in [5, 5.41) is 11.3. The van der Waals surface area contributed by atoms with E-state index in [1.807, 2.05) is 0 Å². The highest BCUT2D eigenvalue weighted by atomic mass is 19.4. The van der Waals surface area contributed by atoms with Crippen molar-refractivity contribution in [3.05, 3.63) is 41.1 Å². The van der Waals surface area contributed by atoms with Gasteiger partial charge in [0.25, 0.3) is 5.91 Å². The molecular formula is C18H15F3N4O3. The molecular weight excluding hydrogens is 377 g/mol. The zero-order chi connectivity index (χ0) is 20.7. The first-order chi connectivity index (χ1) is 13.0. The van der Waals surface area contributed by atoms with Crippen LogP contribution in [-0.2, 0) is 11.0 Å². The van der Waals surface area contributed by atoms with Gasteiger partial charge in [-0.3, -0.25) is 4.79 Å². The lowest BCUT2D eigenvalue weighted by Gasteiger charge is -2.23. The number of nitrogens with zero attached hydrogens (tertiary/aromatic N) is 3. The molecule has 0 spiro atoms. The van der Waals surface area contributed by atoms with Gasteiger partial charge in [-0.2, -0.15) is 18.4 Å². The van der Waals surface area contributed by atoms with Crippen molar-refractivity contribution in [2.24, 2.45) is 4.99 Å². The number of hydrogen-bond acceptors (Lipinski definition) is 5. The van der Waals surface area contributed by atoms with E-state index < -0.39 is 41.2 Å². The molecule has 0 aromatic heterocycles. The molecule has 1 unspecified atom stereocenters. The predicted octanol–water partition coefficient (Wildman–Crippen LogP) is 2.97. The number of hydrogen-bond donors (Lipinski definition) is 1. The van der Waals surface area contributed by atoms with Crippen molar-refractivity contribution in [2.75, 3.05) is 0 Å². The molecule has 1 aromatic rings. The summed E-state index contributed by atoms with van der Waals surface area (Å²) in [6, 6.07) is 4.04. The van der Waals surface area contributed by atoms with Gasteiger partial charge in [0.1, 0.15) is 11.3 Å². The number of rotatable bonds is 3. The van der Waals surface area contributed by atoms with Gasteiger partial charge in [0.05, 0.1) is 22.9 Å². The number of alkyl halides is 3. The number of carbonyl (C=O) groups is 2. The van der Waals surface area contributed by atoms with Crippen molar-refractivity contribution < 1.29 is 27.5 Å². The number of urea groups is 1. The Kier molecular flexibility index (Phi) is 4.62. The Morgan fingerprint density at radius 1 is 1.36 bits per heavy atom. The summed E-state index contributed by atoms with van der Waals surface area (Å²) >= 11 is 0. The molecule has 3 amide bonds. The highest BCUT2D eigenvalue weighted by Crippen LogP contribution is 2.37. The van der Waals surface area contributed by atoms with E-state index in [0.29, 0.717) is 6.07 Å². The fourth-order valence-corrected chi connectivity index (χ4v) is 2.78. The SMILES string of the molecule is CC1(C)NC(=O)N(C2=CCC(Oc3ccc(C#N)cc3C(F)(F)F)N=C2)C1=O. The highest BCUT2D eigenvalue weighted by Gasteiger charge is 2.46. The maximum atomic E-state index is 13.2. The molecule has 3 rings (SSSR count). The summed E-state index contributed by atoms with van der Waals surface area (Å²) in [7, 11) is 0. The summed E-state index contributed by atoms with van der Waals surface area (Å²) in [6.07, 6.45) is -2.91. The summed E-state index contributed by atoms with van der Waals surface area (Å²) in [6.45, 7) is 3.12. The van der Waals surface area contributed by atoms with Crippen LogP contribution >= 0.6 is 0 Å². The van der Waals surface area contributed by atoms with Gasteiger partial charge in [0.2, 0.25) is 0 Å². The van der Waals surface area contributed by atoms with Crippen LogP contribution in [0.25, 0.3) is 0 Å². The van der Waals surface area contributed by atoms with Crippen LogP contribution in [-0.4, -0.2) is 34.8 Å². The molecule has 2 heterocycles. The van der Waals surface area contributed by atoms with Crippen LogP contribution in [0.4, 0.5) is 18.0 Å². The normalized spacial score (nSPS) is 21.2. The second kappa shape index (κ2) is 6.67. The zero-order valence-corrected chi connectivity index (χ0v) is 14.9. The summed E-state index contributed by atoms with van der Waals surface area (Å²) in [5.74, 6) is -0.914. The molecule has 1 aromatic carbocycles. The van der Waals surface area contributed by atoms with E-state index in [1.165, 1.54) is 18.4 Å². The van der Waals surface area contributed by atoms with Crippen molar-refractivity contribution in [2.45, 2.75) is 38.2 Å². The summed E-state index contributed by atoms with van der Waals surface area (Å²) < 4.78 is 45.0. The number of imide groups is 1. The van der Waals surface area contributed by atoms with Gasteiger partial charge in [-0.1, -0.05) is 6.08 Å². The fourth-order valence-electron chi connectivity index (χ4n) is 2.78. The Balaban J connectivity index is 1.77. The van der Waals surface area contributed by atoms with Crippen molar-refractivity contribution in [3.63, 3.8) is 0 Å². The minimum absolute atomic E-state index is 0.0562. The number of benzene rings is 1. The first kappa shape index (κ1) is 19.4. The Morgan fingerprint density at radius 3 is 2.57 bits per heavy atom. The van der Waals surface area contributed by atoms with Crippen LogP contribution in [0.5, 0.6) is 5.75 Å². The second-order valence-corrected chi connectivity index (χ2v) is 6.73. The maximum Gasteiger partial charge on any atom is 0.420 e. The van der Waals surface area contributed by atoms with E-state index >= 15 is 0 Å². The second-order valence-electron chi connectivity index (χ2n) is 6.73. The molecule has 1 atom stereocenters. The van der Waals surface area contributed by atoms with Crippen molar-refractivity contribution >= 4 is 18.2 Å². The van der Waals surface area contributed by atoms with Crippen LogP contribution in [0.3, 0.4) is 0 Å². The number of halogens is 3. The molecule has 28 heavy (non-hydrogen) atoms. The first-order valence-corrected chi connectivity index (χ1v) is 8.21. The molecule has 2 aliphatic rings. The number of nitrogens with one attached hydrogen (secondary N) is 1. The number of ether oxygens (including phenoxy) is 1. The quantitative estimate of drug-likeness (QED) is 0.800. The number of amides is 3. The minimum atomic E-state index is -4.70. The smallest absolute Gasteiger partial charge is 0.420 e. The molecule has 1 N–H and O–H groups in total. The molecule has 0 bridgehead atoms. The number of carbonyl (C=O) groups excluding carboxylic acids is 2. The number of aliphatic imine (C=N–C) groups is 1. The molecule has 146 valence electrons. The van der Waals surface area contributed by atoms with E-state index in [9.17, 15) is 22.8 Å². The van der Waals surface area contributed by atoms with Crippen LogP contribution in [0, 0.1) is 11.3 Å². The first-order valence-electron chi connectivity index (χ1n) is 8.21. The third kappa shape index (κ3) is 3.55.